The van der Waals surface area contributed by atoms with Gasteiger partial charge < -0.3 is 25.4 Å². The Morgan fingerprint density at radius 3 is 2.65 bits per heavy atom. The monoisotopic (exact) mass is 436 g/mol. The quantitative estimate of drug-likeness (QED) is 0.459. The van der Waals surface area contributed by atoms with Crippen molar-refractivity contribution < 1.29 is 20.1 Å². The predicted molar refractivity (Wildman–Crippen MR) is 123 cm³/mol. The summed E-state index contributed by atoms with van der Waals surface area (Å²) in [5, 5.41) is 35.3. The van der Waals surface area contributed by atoms with E-state index in [2.05, 4.69) is 22.4 Å². The van der Waals surface area contributed by atoms with Crippen LogP contribution in [-0.2, 0) is 4.74 Å². The molecule has 2 aliphatic carbocycles. The lowest BCUT2D eigenvalue weighted by Crippen LogP contribution is -2.56. The second-order valence-corrected chi connectivity index (χ2v) is 10.8. The average Bonchev–Trinajstić information content (AvgIpc) is 3.02. The minimum absolute atomic E-state index is 0.0356. The van der Waals surface area contributed by atoms with Crippen LogP contribution in [-0.4, -0.2) is 71.0 Å². The zero-order chi connectivity index (χ0) is 22.6. The van der Waals surface area contributed by atoms with E-state index in [9.17, 15) is 10.2 Å². The molecule has 0 aromatic rings. The van der Waals surface area contributed by atoms with Crippen molar-refractivity contribution in [1.82, 2.24) is 10.2 Å². The van der Waals surface area contributed by atoms with E-state index in [1.165, 1.54) is 11.3 Å². The molecule has 0 fully saturated rings. The maximum absolute atomic E-state index is 11.6. The number of aliphatic hydroxyl groups is 3. The van der Waals surface area contributed by atoms with Gasteiger partial charge in [0.2, 0.25) is 0 Å². The molecule has 6 atom stereocenters. The fraction of sp³-hybridized carbons (Fsp3) is 0.840. The van der Waals surface area contributed by atoms with Crippen molar-refractivity contribution in [3.63, 3.8) is 0 Å². The van der Waals surface area contributed by atoms with Crippen molar-refractivity contribution in [3.8, 4) is 0 Å². The average molecular weight is 437 g/mol. The predicted octanol–water partition coefficient (Wildman–Crippen LogP) is 2.94. The fourth-order valence-corrected chi connectivity index (χ4v) is 5.15. The highest BCUT2D eigenvalue weighted by molar-refractivity contribution is 5.23. The molecule has 0 saturated carbocycles. The first kappa shape index (κ1) is 24.7. The summed E-state index contributed by atoms with van der Waals surface area (Å²) < 4.78 is 5.70. The summed E-state index contributed by atoms with van der Waals surface area (Å²) in [6.45, 7) is 6.82. The number of β-amino-alcohol motifs (C(OH)–C–C–N with tert-alkyl or cyclic N) is 1. The van der Waals surface area contributed by atoms with Crippen molar-refractivity contribution in [2.75, 3.05) is 20.3 Å². The van der Waals surface area contributed by atoms with Gasteiger partial charge in [-0.25, -0.2) is 0 Å². The third-order valence-electron chi connectivity index (χ3n) is 7.48. The number of rotatable bonds is 7. The van der Waals surface area contributed by atoms with Crippen molar-refractivity contribution >= 4 is 0 Å². The van der Waals surface area contributed by atoms with Crippen LogP contribution in [0.4, 0.5) is 0 Å². The van der Waals surface area contributed by atoms with Gasteiger partial charge in [-0.2, -0.15) is 0 Å². The van der Waals surface area contributed by atoms with Crippen LogP contribution in [0.2, 0.25) is 0 Å². The smallest absolute Gasteiger partial charge is 0.132 e. The van der Waals surface area contributed by atoms with Crippen molar-refractivity contribution in [2.24, 2.45) is 11.3 Å². The maximum atomic E-state index is 11.6. The minimum Gasteiger partial charge on any atom is -0.396 e. The summed E-state index contributed by atoms with van der Waals surface area (Å²) in [6.07, 6.45) is 11.2. The number of nitrogens with zero attached hydrogens (tertiary/aromatic N) is 1. The lowest BCUT2D eigenvalue weighted by Gasteiger charge is -2.41. The van der Waals surface area contributed by atoms with Crippen LogP contribution < -0.4 is 5.32 Å². The summed E-state index contributed by atoms with van der Waals surface area (Å²) in [5.41, 5.74) is 2.21. The van der Waals surface area contributed by atoms with Gasteiger partial charge in [0.05, 0.1) is 18.2 Å². The molecule has 0 saturated heterocycles. The Labute approximate surface area is 188 Å². The molecule has 0 amide bonds. The van der Waals surface area contributed by atoms with E-state index in [0.29, 0.717) is 12.5 Å². The molecular weight excluding hydrogens is 392 g/mol. The second-order valence-electron chi connectivity index (χ2n) is 10.8. The van der Waals surface area contributed by atoms with Gasteiger partial charge in [-0.15, -0.1) is 0 Å². The molecule has 0 radical (unpaired) electrons. The Bertz CT molecular complexity index is 642. The molecule has 178 valence electrons. The van der Waals surface area contributed by atoms with E-state index in [0.717, 1.165) is 51.4 Å². The lowest BCUT2D eigenvalue weighted by atomic mass is 9.83. The van der Waals surface area contributed by atoms with E-state index in [4.69, 9.17) is 9.84 Å². The van der Waals surface area contributed by atoms with Crippen LogP contribution in [0.5, 0.6) is 0 Å². The fourth-order valence-electron chi connectivity index (χ4n) is 5.15. The molecule has 31 heavy (non-hydrogen) atoms. The topological polar surface area (TPSA) is 85.2 Å². The third kappa shape index (κ3) is 6.32. The van der Waals surface area contributed by atoms with Gasteiger partial charge in [-0.3, -0.25) is 4.90 Å². The molecule has 3 rings (SSSR count). The SMILES string of the molecule is COC1CCC2=CC(C1)N(CC(O)C(C)(C)C)C(O)C(C1=CCC(CCCO)CC1)N2. The van der Waals surface area contributed by atoms with Crippen LogP contribution in [0.15, 0.2) is 23.4 Å². The highest BCUT2D eigenvalue weighted by Crippen LogP contribution is 2.35. The summed E-state index contributed by atoms with van der Waals surface area (Å²) in [5.74, 6) is 0.627. The summed E-state index contributed by atoms with van der Waals surface area (Å²) in [7, 11) is 1.76. The van der Waals surface area contributed by atoms with E-state index in [1.54, 1.807) is 7.11 Å². The molecule has 1 heterocycles. The highest BCUT2D eigenvalue weighted by atomic mass is 16.5. The molecule has 0 aromatic carbocycles. The second kappa shape index (κ2) is 10.8. The molecule has 0 spiro atoms. The number of allylic oxidation sites excluding steroid dienone is 2. The Hall–Kier alpha value is -0.920. The van der Waals surface area contributed by atoms with Gasteiger partial charge in [-0.1, -0.05) is 26.8 Å². The Kier molecular flexibility index (Phi) is 8.61. The van der Waals surface area contributed by atoms with Gasteiger partial charge in [-0.05, 0) is 74.3 Å². The van der Waals surface area contributed by atoms with E-state index < -0.39 is 12.3 Å². The van der Waals surface area contributed by atoms with E-state index in [1.807, 2.05) is 20.8 Å². The Morgan fingerprint density at radius 1 is 1.26 bits per heavy atom. The minimum atomic E-state index is -0.702. The number of ether oxygens (including phenoxy) is 1. The highest BCUT2D eigenvalue weighted by Gasteiger charge is 2.40. The molecular formula is C25H44N2O4. The summed E-state index contributed by atoms with van der Waals surface area (Å²) in [4.78, 5) is 2.09. The van der Waals surface area contributed by atoms with Crippen molar-refractivity contribution in [3.05, 3.63) is 23.4 Å². The first-order valence-corrected chi connectivity index (χ1v) is 12.1. The lowest BCUT2D eigenvalue weighted by molar-refractivity contribution is -0.0758. The third-order valence-corrected chi connectivity index (χ3v) is 7.48. The van der Waals surface area contributed by atoms with Gasteiger partial charge in [0.1, 0.15) is 6.23 Å². The zero-order valence-corrected chi connectivity index (χ0v) is 19.9. The number of nitrogens with one attached hydrogen (secondary N) is 1. The van der Waals surface area contributed by atoms with Gasteiger partial charge >= 0.3 is 0 Å². The van der Waals surface area contributed by atoms with Gasteiger partial charge in [0.15, 0.2) is 0 Å². The molecule has 0 aromatic heterocycles. The summed E-state index contributed by atoms with van der Waals surface area (Å²) in [6, 6.07) is -0.116. The van der Waals surface area contributed by atoms with Gasteiger partial charge in [0, 0.05) is 32.0 Å². The van der Waals surface area contributed by atoms with Crippen LogP contribution in [0.3, 0.4) is 0 Å². The number of aliphatic hydroxyl groups excluding tert-OH is 3. The van der Waals surface area contributed by atoms with E-state index in [-0.39, 0.29) is 30.2 Å². The number of fused-ring (bicyclic) bond motifs is 1. The van der Waals surface area contributed by atoms with Gasteiger partial charge in [0.25, 0.3) is 0 Å². The standard InChI is InChI=1S/C25H44N2O4/c1-25(2,3)22(29)16-27-20-14-19(11-12-21(15-20)31-4)26-23(24(27)30)18-9-7-17(8-10-18)6-5-13-28/h9,14,17,20-24,26,28-30H,5-8,10-13,15-16H2,1-4H3. The number of methoxy groups -OCH3 is 1. The molecule has 3 aliphatic rings. The molecule has 2 bridgehead atoms. The number of hydrogen-bond acceptors (Lipinski definition) is 6. The first-order valence-electron chi connectivity index (χ1n) is 12.1. The Morgan fingerprint density at radius 2 is 2.03 bits per heavy atom. The largest absolute Gasteiger partial charge is 0.396 e. The number of hydrogen-bond donors (Lipinski definition) is 4. The molecule has 1 aliphatic heterocycles. The van der Waals surface area contributed by atoms with Crippen LogP contribution >= 0.6 is 0 Å². The molecule has 6 nitrogen and oxygen atoms in total. The first-order chi connectivity index (χ1) is 14.7. The van der Waals surface area contributed by atoms with Crippen LogP contribution in [0, 0.1) is 11.3 Å². The summed E-state index contributed by atoms with van der Waals surface area (Å²) >= 11 is 0. The molecule has 4 N–H and O–H groups in total. The van der Waals surface area contributed by atoms with Crippen molar-refractivity contribution in [2.45, 2.75) is 103 Å². The Balaban J connectivity index is 1.82. The van der Waals surface area contributed by atoms with Crippen LogP contribution in [0.25, 0.3) is 0 Å². The zero-order valence-electron chi connectivity index (χ0n) is 19.9. The normalized spacial score (nSPS) is 33.6. The van der Waals surface area contributed by atoms with E-state index >= 15 is 0 Å². The maximum Gasteiger partial charge on any atom is 0.132 e. The van der Waals surface area contributed by atoms with Crippen molar-refractivity contribution in [1.29, 1.82) is 0 Å². The van der Waals surface area contributed by atoms with Crippen LogP contribution in [0.1, 0.15) is 72.1 Å². The molecule has 6 unspecified atom stereocenters. The molecule has 6 heteroatoms.